The van der Waals surface area contributed by atoms with Gasteiger partial charge in [0, 0.05) is 5.56 Å². The summed E-state index contributed by atoms with van der Waals surface area (Å²) in [6.45, 7) is 7.36. The molecule has 0 aliphatic carbocycles. The van der Waals surface area contributed by atoms with E-state index in [1.807, 2.05) is 13.0 Å². The smallest absolute Gasteiger partial charge is 0.408 e. The number of hydrogen-bond donors (Lipinski definition) is 1. The Bertz CT molecular complexity index is 618. The quantitative estimate of drug-likeness (QED) is 0.674. The minimum absolute atomic E-state index is 0.163. The molecule has 5 heteroatoms. The van der Waals surface area contributed by atoms with Crippen molar-refractivity contribution in [3.63, 3.8) is 0 Å². The van der Waals surface area contributed by atoms with Crippen LogP contribution in [0.25, 0.3) is 0 Å². The van der Waals surface area contributed by atoms with Crippen LogP contribution in [0.3, 0.4) is 0 Å². The third-order valence-corrected chi connectivity index (χ3v) is 2.60. The second kappa shape index (κ2) is 7.51. The maximum Gasteiger partial charge on any atom is 0.408 e. The van der Waals surface area contributed by atoms with Crippen molar-refractivity contribution in [3.05, 3.63) is 34.9 Å². The summed E-state index contributed by atoms with van der Waals surface area (Å²) in [6.07, 6.45) is -0.513. The Morgan fingerprint density at radius 2 is 1.95 bits per heavy atom. The number of ether oxygens (including phenoxy) is 2. The molecule has 0 fully saturated rings. The largest absolute Gasteiger partial charge is 0.465 e. The first-order chi connectivity index (χ1) is 10.2. The van der Waals surface area contributed by atoms with Gasteiger partial charge in [0.25, 0.3) is 0 Å². The molecular weight excluding hydrogens is 282 g/mol. The van der Waals surface area contributed by atoms with Gasteiger partial charge in [-0.2, -0.15) is 0 Å². The summed E-state index contributed by atoms with van der Waals surface area (Å²) in [5.74, 6) is 5.29. The van der Waals surface area contributed by atoms with Crippen LogP contribution in [-0.2, 0) is 9.47 Å². The molecule has 0 saturated heterocycles. The van der Waals surface area contributed by atoms with Crippen molar-refractivity contribution >= 4 is 12.1 Å². The molecule has 0 heterocycles. The number of aryl methyl sites for hydroxylation is 1. The Hall–Kier alpha value is -2.48. The molecule has 0 unspecified atom stereocenters. The second-order valence-corrected chi connectivity index (χ2v) is 5.68. The van der Waals surface area contributed by atoms with E-state index >= 15 is 0 Å². The Morgan fingerprint density at radius 1 is 1.27 bits per heavy atom. The van der Waals surface area contributed by atoms with Gasteiger partial charge in [-0.1, -0.05) is 17.9 Å². The van der Waals surface area contributed by atoms with E-state index in [0.29, 0.717) is 11.1 Å². The number of amides is 1. The molecular formula is C17H21NO4. The predicted octanol–water partition coefficient (Wildman–Crippen LogP) is 2.66. The lowest BCUT2D eigenvalue weighted by atomic mass is 10.1. The molecule has 1 aromatic carbocycles. The predicted molar refractivity (Wildman–Crippen MR) is 83.6 cm³/mol. The maximum atomic E-state index is 11.6. The zero-order chi connectivity index (χ0) is 16.8. The van der Waals surface area contributed by atoms with E-state index in [0.717, 1.165) is 5.56 Å². The molecule has 1 aromatic rings. The van der Waals surface area contributed by atoms with Crippen molar-refractivity contribution in [3.8, 4) is 11.8 Å². The molecule has 0 radical (unpaired) electrons. The Balaban J connectivity index is 2.66. The monoisotopic (exact) mass is 303 g/mol. The first kappa shape index (κ1) is 17.6. The Morgan fingerprint density at radius 3 is 2.55 bits per heavy atom. The van der Waals surface area contributed by atoms with Crippen LogP contribution in [0.15, 0.2) is 18.2 Å². The van der Waals surface area contributed by atoms with Gasteiger partial charge in [-0.3, -0.25) is 0 Å². The molecule has 0 bridgehead atoms. The molecule has 118 valence electrons. The van der Waals surface area contributed by atoms with E-state index in [4.69, 9.17) is 9.47 Å². The van der Waals surface area contributed by atoms with Crippen molar-refractivity contribution in [2.24, 2.45) is 0 Å². The van der Waals surface area contributed by atoms with Crippen molar-refractivity contribution in [1.29, 1.82) is 0 Å². The number of alkyl carbamates (subject to hydrolysis) is 1. The van der Waals surface area contributed by atoms with Crippen molar-refractivity contribution in [2.45, 2.75) is 33.3 Å². The molecule has 5 nitrogen and oxygen atoms in total. The molecule has 0 saturated carbocycles. The highest BCUT2D eigenvalue weighted by atomic mass is 16.6. The van der Waals surface area contributed by atoms with Gasteiger partial charge >= 0.3 is 12.1 Å². The Kier molecular flexibility index (Phi) is 6.00. The van der Waals surface area contributed by atoms with Crippen LogP contribution in [0, 0.1) is 18.8 Å². The fourth-order valence-electron chi connectivity index (χ4n) is 1.61. The van der Waals surface area contributed by atoms with Crippen LogP contribution in [0.5, 0.6) is 0 Å². The van der Waals surface area contributed by atoms with Gasteiger partial charge in [-0.05, 0) is 45.4 Å². The molecule has 1 rings (SSSR count). The lowest BCUT2D eigenvalue weighted by molar-refractivity contribution is 0.0533. The number of hydrogen-bond acceptors (Lipinski definition) is 4. The van der Waals surface area contributed by atoms with E-state index in [9.17, 15) is 9.59 Å². The molecule has 0 spiro atoms. The van der Waals surface area contributed by atoms with Crippen molar-refractivity contribution in [2.75, 3.05) is 13.7 Å². The first-order valence-electron chi connectivity index (χ1n) is 6.87. The zero-order valence-corrected chi connectivity index (χ0v) is 13.6. The summed E-state index contributed by atoms with van der Waals surface area (Å²) >= 11 is 0. The van der Waals surface area contributed by atoms with Crippen LogP contribution in [-0.4, -0.2) is 31.3 Å². The van der Waals surface area contributed by atoms with Crippen LogP contribution >= 0.6 is 0 Å². The lowest BCUT2D eigenvalue weighted by Crippen LogP contribution is -2.32. The third kappa shape index (κ3) is 5.88. The summed E-state index contributed by atoms with van der Waals surface area (Å²) < 4.78 is 9.81. The number of methoxy groups -OCH3 is 1. The number of nitrogens with one attached hydrogen (secondary N) is 1. The van der Waals surface area contributed by atoms with Gasteiger partial charge in [0.1, 0.15) is 5.60 Å². The summed E-state index contributed by atoms with van der Waals surface area (Å²) in [7, 11) is 1.34. The summed E-state index contributed by atoms with van der Waals surface area (Å²) in [5.41, 5.74) is 1.44. The standard InChI is InChI=1S/C17H21NO4/c1-12-8-9-13(11-14(12)15(19)21-5)7-6-10-18-16(20)22-17(2,3)4/h8-9,11H,10H2,1-5H3,(H,18,20). The lowest BCUT2D eigenvalue weighted by Gasteiger charge is -2.19. The molecule has 22 heavy (non-hydrogen) atoms. The third-order valence-electron chi connectivity index (χ3n) is 2.60. The van der Waals surface area contributed by atoms with Crippen molar-refractivity contribution in [1.82, 2.24) is 5.32 Å². The fourth-order valence-corrected chi connectivity index (χ4v) is 1.61. The molecule has 1 N–H and O–H groups in total. The average Bonchev–Trinajstić information content (AvgIpc) is 2.42. The molecule has 0 aromatic heterocycles. The minimum Gasteiger partial charge on any atom is -0.465 e. The number of benzene rings is 1. The maximum absolute atomic E-state index is 11.6. The highest BCUT2D eigenvalue weighted by Gasteiger charge is 2.15. The fraction of sp³-hybridized carbons (Fsp3) is 0.412. The van der Waals surface area contributed by atoms with Crippen LogP contribution in [0.2, 0.25) is 0 Å². The Labute approximate surface area is 131 Å². The molecule has 1 amide bonds. The van der Waals surface area contributed by atoms with Gasteiger partial charge in [-0.15, -0.1) is 0 Å². The van der Waals surface area contributed by atoms with Crippen molar-refractivity contribution < 1.29 is 19.1 Å². The number of carbonyl (C=O) groups is 2. The van der Waals surface area contributed by atoms with Gasteiger partial charge in [0.05, 0.1) is 19.2 Å². The van der Waals surface area contributed by atoms with Gasteiger partial charge in [0.15, 0.2) is 0 Å². The number of esters is 1. The molecule has 0 atom stereocenters. The van der Waals surface area contributed by atoms with Crippen LogP contribution in [0.1, 0.15) is 42.3 Å². The second-order valence-electron chi connectivity index (χ2n) is 5.68. The van der Waals surface area contributed by atoms with E-state index in [2.05, 4.69) is 17.2 Å². The van der Waals surface area contributed by atoms with E-state index in [-0.39, 0.29) is 6.54 Å². The van der Waals surface area contributed by atoms with Gasteiger partial charge in [0.2, 0.25) is 0 Å². The van der Waals surface area contributed by atoms with E-state index in [1.54, 1.807) is 32.9 Å². The van der Waals surface area contributed by atoms with Gasteiger partial charge < -0.3 is 14.8 Å². The van der Waals surface area contributed by atoms with E-state index in [1.165, 1.54) is 7.11 Å². The summed E-state index contributed by atoms with van der Waals surface area (Å²) in [4.78, 5) is 23.0. The highest BCUT2D eigenvalue weighted by Crippen LogP contribution is 2.11. The minimum atomic E-state index is -0.538. The number of carbonyl (C=O) groups excluding carboxylic acids is 2. The molecule has 0 aliphatic heterocycles. The number of rotatable bonds is 2. The van der Waals surface area contributed by atoms with Crippen LogP contribution in [0.4, 0.5) is 4.79 Å². The normalized spacial score (nSPS) is 10.2. The van der Waals surface area contributed by atoms with E-state index < -0.39 is 17.7 Å². The van der Waals surface area contributed by atoms with Crippen LogP contribution < -0.4 is 5.32 Å². The SMILES string of the molecule is COC(=O)c1cc(C#CCNC(=O)OC(C)(C)C)ccc1C. The first-order valence-corrected chi connectivity index (χ1v) is 6.87. The zero-order valence-electron chi connectivity index (χ0n) is 13.6. The topological polar surface area (TPSA) is 64.6 Å². The molecule has 0 aliphatic rings. The highest BCUT2D eigenvalue weighted by molar-refractivity contribution is 5.91. The summed E-state index contributed by atoms with van der Waals surface area (Å²) in [5, 5.41) is 2.54. The average molecular weight is 303 g/mol. The summed E-state index contributed by atoms with van der Waals surface area (Å²) in [6, 6.07) is 5.28. The van der Waals surface area contributed by atoms with Gasteiger partial charge in [-0.25, -0.2) is 9.59 Å².